The van der Waals surface area contributed by atoms with Crippen molar-refractivity contribution in [3.63, 3.8) is 0 Å². The molecule has 0 aromatic carbocycles. The quantitative estimate of drug-likeness (QED) is 0.353. The molecule has 0 aromatic rings. The Bertz CT molecular complexity index is 532. The molecule has 0 heterocycles. The fourth-order valence-electron chi connectivity index (χ4n) is 3.85. The van der Waals surface area contributed by atoms with Gasteiger partial charge < -0.3 is 24.8 Å². The van der Waals surface area contributed by atoms with Crippen LogP contribution >= 0.6 is 0 Å². The van der Waals surface area contributed by atoms with Gasteiger partial charge >= 0.3 is 156 Å². The van der Waals surface area contributed by atoms with Crippen LogP contribution in [-0.4, -0.2) is 41.0 Å². The summed E-state index contributed by atoms with van der Waals surface area (Å²) in [5.74, 6) is 0. The van der Waals surface area contributed by atoms with Crippen LogP contribution in [0.25, 0.3) is 0 Å². The number of hydrogen-bond acceptors (Lipinski definition) is 2. The van der Waals surface area contributed by atoms with Crippen molar-refractivity contribution in [2.45, 2.75) is 51.9 Å². The van der Waals surface area contributed by atoms with Gasteiger partial charge in [-0.05, 0) is 0 Å². The first-order valence-corrected chi connectivity index (χ1v) is 17.1. The SMILES string of the molecule is C[SiH](C)C1=[C]([Zr+2][C]2=C([SiH](C)C)C(CCO)=CC2)CC=C1CCO.[Cl-].[Cl-]. The molecule has 140 valence electrons. The third kappa shape index (κ3) is 6.41. The van der Waals surface area contributed by atoms with Crippen LogP contribution in [-0.2, 0) is 23.2 Å². The molecule has 0 amide bonds. The Morgan fingerprint density at radius 3 is 1.44 bits per heavy atom. The van der Waals surface area contributed by atoms with Gasteiger partial charge in [-0.1, -0.05) is 0 Å². The van der Waals surface area contributed by atoms with Crippen LogP contribution in [0.3, 0.4) is 0 Å². The first-order valence-electron chi connectivity index (χ1n) is 8.83. The maximum absolute atomic E-state index is 9.34. The van der Waals surface area contributed by atoms with Crippen molar-refractivity contribution in [3.8, 4) is 0 Å². The predicted molar refractivity (Wildman–Crippen MR) is 101 cm³/mol. The van der Waals surface area contributed by atoms with Crippen molar-refractivity contribution in [2.24, 2.45) is 0 Å². The summed E-state index contributed by atoms with van der Waals surface area (Å²) in [5, 5.41) is 22.1. The number of hydrogen-bond donors (Lipinski definition) is 2. The van der Waals surface area contributed by atoms with Gasteiger partial charge in [-0.15, -0.1) is 0 Å². The summed E-state index contributed by atoms with van der Waals surface area (Å²) in [6, 6.07) is 0. The van der Waals surface area contributed by atoms with Crippen LogP contribution in [0.1, 0.15) is 25.7 Å². The van der Waals surface area contributed by atoms with Crippen LogP contribution in [0.15, 0.2) is 40.3 Å². The summed E-state index contributed by atoms with van der Waals surface area (Å²) in [4.78, 5) is 0. The molecule has 0 unspecified atom stereocenters. The van der Waals surface area contributed by atoms with E-state index in [-0.39, 0.29) is 38.0 Å². The van der Waals surface area contributed by atoms with E-state index in [0.29, 0.717) is 0 Å². The minimum absolute atomic E-state index is 0. The maximum Gasteiger partial charge on any atom is -1.00 e. The zero-order chi connectivity index (χ0) is 17.0. The first-order chi connectivity index (χ1) is 11.0. The number of halogens is 2. The number of rotatable bonds is 8. The van der Waals surface area contributed by atoms with Crippen molar-refractivity contribution >= 4 is 17.6 Å². The van der Waals surface area contributed by atoms with Crippen LogP contribution in [0.2, 0.25) is 26.2 Å². The van der Waals surface area contributed by atoms with Gasteiger partial charge in [-0.3, -0.25) is 0 Å². The molecule has 0 spiro atoms. The van der Waals surface area contributed by atoms with Crippen molar-refractivity contribution in [1.82, 2.24) is 0 Å². The van der Waals surface area contributed by atoms with Gasteiger partial charge in [0.25, 0.3) is 0 Å². The normalized spacial score (nSPS) is 16.8. The second-order valence-corrected chi connectivity index (χ2v) is 16.4. The van der Waals surface area contributed by atoms with E-state index < -0.39 is 40.8 Å². The third-order valence-electron chi connectivity index (χ3n) is 4.67. The molecule has 0 aromatic heterocycles. The molecule has 2 aliphatic rings. The smallest absolute Gasteiger partial charge is 1.00 e. The molecule has 2 N–H and O–H groups in total. The van der Waals surface area contributed by atoms with E-state index >= 15 is 0 Å². The van der Waals surface area contributed by atoms with Crippen molar-refractivity contribution in [3.05, 3.63) is 40.3 Å². The van der Waals surface area contributed by atoms with E-state index in [1.54, 1.807) is 17.0 Å². The van der Waals surface area contributed by atoms with Gasteiger partial charge in [0.05, 0.1) is 0 Å². The van der Waals surface area contributed by atoms with Crippen LogP contribution < -0.4 is 24.8 Å². The Labute approximate surface area is 180 Å². The third-order valence-corrected chi connectivity index (χ3v) is 13.6. The molecular weight excluding hydrogens is 466 g/mol. The van der Waals surface area contributed by atoms with Crippen LogP contribution in [0.4, 0.5) is 0 Å². The molecule has 0 saturated carbocycles. The summed E-state index contributed by atoms with van der Waals surface area (Å²) < 4.78 is 3.58. The second-order valence-electron chi connectivity index (χ2n) is 7.03. The summed E-state index contributed by atoms with van der Waals surface area (Å²) in [6.45, 7) is 10.3. The van der Waals surface area contributed by atoms with Crippen molar-refractivity contribution in [2.75, 3.05) is 13.2 Å². The Kier molecular flexibility index (Phi) is 12.7. The summed E-state index contributed by atoms with van der Waals surface area (Å²) in [7, 11) is -1.66. The van der Waals surface area contributed by atoms with Gasteiger partial charge in [0.2, 0.25) is 0 Å². The molecule has 2 aliphatic carbocycles. The molecular formula is C18H30Cl2O2Si2Zr. The average Bonchev–Trinajstić information content (AvgIpc) is 3.05. The van der Waals surface area contributed by atoms with E-state index in [1.807, 2.05) is 0 Å². The van der Waals surface area contributed by atoms with E-state index in [9.17, 15) is 10.2 Å². The molecule has 0 fully saturated rings. The summed E-state index contributed by atoms with van der Waals surface area (Å²) in [5.41, 5.74) is 2.94. The zero-order valence-corrected chi connectivity index (χ0v) is 22.0. The van der Waals surface area contributed by atoms with E-state index in [2.05, 4.69) is 38.3 Å². The molecule has 0 aliphatic heterocycles. The van der Waals surface area contributed by atoms with Crippen molar-refractivity contribution < 1.29 is 58.3 Å². The minimum atomic E-state index is -0.830. The number of aliphatic hydroxyl groups excluding tert-OH is 2. The summed E-state index contributed by atoms with van der Waals surface area (Å²) >= 11 is -0.683. The molecule has 2 rings (SSSR count). The van der Waals surface area contributed by atoms with Gasteiger partial charge in [-0.25, -0.2) is 0 Å². The number of aliphatic hydroxyl groups is 2. The van der Waals surface area contributed by atoms with E-state index in [0.717, 1.165) is 25.7 Å². The first kappa shape index (κ1) is 25.8. The van der Waals surface area contributed by atoms with E-state index in [1.165, 1.54) is 11.1 Å². The topological polar surface area (TPSA) is 40.5 Å². The zero-order valence-electron chi connectivity index (χ0n) is 15.7. The Hall–Kier alpha value is 0.777. The average molecular weight is 497 g/mol. The molecule has 0 atom stereocenters. The Morgan fingerprint density at radius 1 is 0.800 bits per heavy atom. The van der Waals surface area contributed by atoms with Crippen molar-refractivity contribution in [1.29, 1.82) is 0 Å². The maximum atomic E-state index is 9.34. The summed E-state index contributed by atoms with van der Waals surface area (Å²) in [6.07, 6.45) is 8.82. The molecule has 25 heavy (non-hydrogen) atoms. The largest absolute Gasteiger partial charge is 1.00 e. The van der Waals surface area contributed by atoms with Gasteiger partial charge in [-0.2, -0.15) is 0 Å². The fraction of sp³-hybridized carbons (Fsp3) is 0.556. The van der Waals surface area contributed by atoms with Gasteiger partial charge in [0.15, 0.2) is 0 Å². The van der Waals surface area contributed by atoms with Crippen LogP contribution in [0.5, 0.6) is 0 Å². The second kappa shape index (κ2) is 12.3. The molecule has 2 nitrogen and oxygen atoms in total. The number of allylic oxidation sites excluding steroid dienone is 6. The minimum Gasteiger partial charge on any atom is -1.00 e. The van der Waals surface area contributed by atoms with Gasteiger partial charge in [0, 0.05) is 0 Å². The Morgan fingerprint density at radius 2 is 1.16 bits per heavy atom. The monoisotopic (exact) mass is 494 g/mol. The fourth-order valence-corrected chi connectivity index (χ4v) is 15.9. The predicted octanol–water partition coefficient (Wildman–Crippen LogP) is -2.94. The molecule has 0 saturated heterocycles. The molecule has 0 radical (unpaired) electrons. The molecule has 7 heteroatoms. The Balaban J connectivity index is 0.00000288. The van der Waals surface area contributed by atoms with Crippen LogP contribution in [0, 0.1) is 0 Å². The van der Waals surface area contributed by atoms with Gasteiger partial charge in [0.1, 0.15) is 0 Å². The molecule has 0 bridgehead atoms. The standard InChI is InChI=1S/2C9H15OSi.2ClH.Zr/c2*1-11(2)9-5-3-4-8(9)6-7-10;;;/h2*4,10-11H,3,6-7H2,1-2H3;2*1H;/q;;;;+2/p-2. The van der Waals surface area contributed by atoms with E-state index in [4.69, 9.17) is 0 Å².